The minimum atomic E-state index is -0.615. The average Bonchev–Trinajstić information content (AvgIpc) is 2.53. The molecule has 0 unspecified atom stereocenters. The summed E-state index contributed by atoms with van der Waals surface area (Å²) in [5.74, 6) is -0.524. The lowest BCUT2D eigenvalue weighted by molar-refractivity contribution is -0.118. The summed E-state index contributed by atoms with van der Waals surface area (Å²) >= 11 is 0. The number of carbonyl (C=O) groups excluding carboxylic acids is 2. The van der Waals surface area contributed by atoms with E-state index in [-0.39, 0.29) is 17.7 Å². The highest BCUT2D eigenvalue weighted by atomic mass is 16.2. The second-order valence-electron chi connectivity index (χ2n) is 5.74. The van der Waals surface area contributed by atoms with E-state index < -0.39 is 6.04 Å². The van der Waals surface area contributed by atoms with Crippen molar-refractivity contribution >= 4 is 17.5 Å². The number of nitrogens with zero attached hydrogens (tertiary/aromatic N) is 1. The van der Waals surface area contributed by atoms with Crippen LogP contribution in [0.15, 0.2) is 48.8 Å². The number of hydrogen-bond acceptors (Lipinski definition) is 3. The Balaban J connectivity index is 2.11. The fourth-order valence-electron chi connectivity index (χ4n) is 2.24. The van der Waals surface area contributed by atoms with Gasteiger partial charge in [0.2, 0.25) is 5.91 Å². The molecule has 0 fully saturated rings. The van der Waals surface area contributed by atoms with Crippen LogP contribution in [0.25, 0.3) is 0 Å². The zero-order valence-electron chi connectivity index (χ0n) is 13.5. The SMILES string of the molecule is Cc1ccccc1C(=O)N[C@H](C(=O)Nc1ccncc1)C(C)C. The largest absolute Gasteiger partial charge is 0.340 e. The predicted octanol–water partition coefficient (Wildman–Crippen LogP) is 2.78. The predicted molar refractivity (Wildman–Crippen MR) is 90.1 cm³/mol. The Bertz CT molecular complexity index is 684. The standard InChI is InChI=1S/C18H21N3O2/c1-12(2)16(18(23)20-14-8-10-19-11-9-14)21-17(22)15-7-5-4-6-13(15)3/h4-12,16H,1-3H3,(H,21,22)(H,19,20,23)/t16-/m0/s1. The Labute approximate surface area is 136 Å². The van der Waals surface area contributed by atoms with Crippen LogP contribution in [0, 0.1) is 12.8 Å². The summed E-state index contributed by atoms with van der Waals surface area (Å²) in [6.07, 6.45) is 3.21. The first-order valence-corrected chi connectivity index (χ1v) is 7.56. The number of hydrogen-bond donors (Lipinski definition) is 2. The lowest BCUT2D eigenvalue weighted by atomic mass is 10.0. The van der Waals surface area contributed by atoms with Crippen LogP contribution in [-0.2, 0) is 4.79 Å². The van der Waals surface area contributed by atoms with E-state index in [1.54, 1.807) is 30.6 Å². The van der Waals surface area contributed by atoms with Crippen molar-refractivity contribution in [3.63, 3.8) is 0 Å². The molecular formula is C18H21N3O2. The van der Waals surface area contributed by atoms with Gasteiger partial charge < -0.3 is 10.6 Å². The van der Waals surface area contributed by atoms with Crippen LogP contribution < -0.4 is 10.6 Å². The molecule has 120 valence electrons. The van der Waals surface area contributed by atoms with Gasteiger partial charge >= 0.3 is 0 Å². The molecule has 0 bridgehead atoms. The lowest BCUT2D eigenvalue weighted by Gasteiger charge is -2.22. The minimum Gasteiger partial charge on any atom is -0.340 e. The molecule has 0 aliphatic carbocycles. The number of amides is 2. The molecule has 1 aromatic carbocycles. The summed E-state index contributed by atoms with van der Waals surface area (Å²) in [6.45, 7) is 5.67. The molecule has 1 heterocycles. The number of aromatic nitrogens is 1. The monoisotopic (exact) mass is 311 g/mol. The lowest BCUT2D eigenvalue weighted by Crippen LogP contribution is -2.47. The molecule has 2 amide bonds. The van der Waals surface area contributed by atoms with Gasteiger partial charge in [0.15, 0.2) is 0 Å². The Hall–Kier alpha value is -2.69. The van der Waals surface area contributed by atoms with Crippen LogP contribution in [-0.4, -0.2) is 22.8 Å². The minimum absolute atomic E-state index is 0.0372. The van der Waals surface area contributed by atoms with E-state index >= 15 is 0 Å². The molecule has 0 saturated carbocycles. The smallest absolute Gasteiger partial charge is 0.252 e. The Kier molecular flexibility index (Phi) is 5.46. The van der Waals surface area contributed by atoms with Gasteiger partial charge in [0, 0.05) is 23.6 Å². The highest BCUT2D eigenvalue weighted by Crippen LogP contribution is 2.11. The maximum atomic E-state index is 12.5. The maximum Gasteiger partial charge on any atom is 0.252 e. The van der Waals surface area contributed by atoms with Crippen molar-refractivity contribution in [2.45, 2.75) is 26.8 Å². The number of rotatable bonds is 5. The zero-order valence-corrected chi connectivity index (χ0v) is 13.5. The summed E-state index contributed by atoms with van der Waals surface area (Å²) < 4.78 is 0. The number of nitrogens with one attached hydrogen (secondary N) is 2. The van der Waals surface area contributed by atoms with Crippen molar-refractivity contribution in [1.29, 1.82) is 0 Å². The molecule has 0 aliphatic heterocycles. The van der Waals surface area contributed by atoms with Gasteiger partial charge in [-0.3, -0.25) is 14.6 Å². The molecular weight excluding hydrogens is 290 g/mol. The zero-order chi connectivity index (χ0) is 16.8. The molecule has 0 spiro atoms. The Morgan fingerprint density at radius 3 is 2.30 bits per heavy atom. The van der Waals surface area contributed by atoms with E-state index in [0.29, 0.717) is 11.3 Å². The molecule has 5 heteroatoms. The van der Waals surface area contributed by atoms with E-state index in [1.807, 2.05) is 39.0 Å². The second kappa shape index (κ2) is 7.54. The number of anilines is 1. The van der Waals surface area contributed by atoms with E-state index in [1.165, 1.54) is 0 Å². The quantitative estimate of drug-likeness (QED) is 0.892. The van der Waals surface area contributed by atoms with Crippen molar-refractivity contribution in [3.05, 3.63) is 59.9 Å². The first kappa shape index (κ1) is 16.7. The van der Waals surface area contributed by atoms with Crippen LogP contribution in [0.4, 0.5) is 5.69 Å². The molecule has 0 saturated heterocycles. The maximum absolute atomic E-state index is 12.5. The van der Waals surface area contributed by atoms with Gasteiger partial charge in [0.25, 0.3) is 5.91 Å². The van der Waals surface area contributed by atoms with Crippen LogP contribution in [0.1, 0.15) is 29.8 Å². The molecule has 0 aliphatic rings. The third kappa shape index (κ3) is 4.39. The van der Waals surface area contributed by atoms with E-state index in [9.17, 15) is 9.59 Å². The van der Waals surface area contributed by atoms with Crippen LogP contribution >= 0.6 is 0 Å². The van der Waals surface area contributed by atoms with Gasteiger partial charge in [-0.15, -0.1) is 0 Å². The number of carbonyl (C=O) groups is 2. The summed E-state index contributed by atoms with van der Waals surface area (Å²) in [6, 6.07) is 10.1. The topological polar surface area (TPSA) is 71.1 Å². The molecule has 1 aromatic heterocycles. The summed E-state index contributed by atoms with van der Waals surface area (Å²) in [5, 5.41) is 5.63. The summed E-state index contributed by atoms with van der Waals surface area (Å²) in [5.41, 5.74) is 2.11. The highest BCUT2D eigenvalue weighted by molar-refractivity contribution is 6.01. The van der Waals surface area contributed by atoms with E-state index in [0.717, 1.165) is 5.56 Å². The fourth-order valence-corrected chi connectivity index (χ4v) is 2.24. The van der Waals surface area contributed by atoms with Crippen molar-refractivity contribution in [2.75, 3.05) is 5.32 Å². The number of aryl methyl sites for hydroxylation is 1. The molecule has 2 N–H and O–H groups in total. The van der Waals surface area contributed by atoms with Crippen molar-refractivity contribution in [3.8, 4) is 0 Å². The molecule has 0 radical (unpaired) electrons. The normalized spacial score (nSPS) is 11.8. The van der Waals surface area contributed by atoms with E-state index in [4.69, 9.17) is 0 Å². The van der Waals surface area contributed by atoms with Crippen molar-refractivity contribution in [1.82, 2.24) is 10.3 Å². The van der Waals surface area contributed by atoms with Crippen LogP contribution in [0.5, 0.6) is 0 Å². The molecule has 2 aromatic rings. The summed E-state index contributed by atoms with van der Waals surface area (Å²) in [7, 11) is 0. The highest BCUT2D eigenvalue weighted by Gasteiger charge is 2.25. The van der Waals surface area contributed by atoms with Gasteiger partial charge in [-0.1, -0.05) is 32.0 Å². The molecule has 23 heavy (non-hydrogen) atoms. The first-order valence-electron chi connectivity index (χ1n) is 7.56. The fraction of sp³-hybridized carbons (Fsp3) is 0.278. The molecule has 2 rings (SSSR count). The first-order chi connectivity index (χ1) is 11.0. The van der Waals surface area contributed by atoms with Gasteiger partial charge in [-0.05, 0) is 36.6 Å². The molecule has 1 atom stereocenters. The van der Waals surface area contributed by atoms with Gasteiger partial charge in [-0.2, -0.15) is 0 Å². The summed E-state index contributed by atoms with van der Waals surface area (Å²) in [4.78, 5) is 28.8. The average molecular weight is 311 g/mol. The van der Waals surface area contributed by atoms with Gasteiger partial charge in [-0.25, -0.2) is 0 Å². The van der Waals surface area contributed by atoms with Crippen molar-refractivity contribution < 1.29 is 9.59 Å². The van der Waals surface area contributed by atoms with Gasteiger partial charge in [0.1, 0.15) is 6.04 Å². The van der Waals surface area contributed by atoms with Crippen LogP contribution in [0.3, 0.4) is 0 Å². The Morgan fingerprint density at radius 1 is 1.04 bits per heavy atom. The second-order valence-corrected chi connectivity index (χ2v) is 5.74. The third-order valence-corrected chi connectivity index (χ3v) is 3.57. The number of pyridine rings is 1. The Morgan fingerprint density at radius 2 is 1.70 bits per heavy atom. The third-order valence-electron chi connectivity index (χ3n) is 3.57. The van der Waals surface area contributed by atoms with Crippen molar-refractivity contribution in [2.24, 2.45) is 5.92 Å². The van der Waals surface area contributed by atoms with E-state index in [2.05, 4.69) is 15.6 Å². The van der Waals surface area contributed by atoms with Crippen LogP contribution in [0.2, 0.25) is 0 Å². The van der Waals surface area contributed by atoms with Gasteiger partial charge in [0.05, 0.1) is 0 Å². The number of benzene rings is 1. The molecule has 5 nitrogen and oxygen atoms in total.